The molecule has 0 saturated carbocycles. The molecule has 104 valence electrons. The van der Waals surface area contributed by atoms with Crippen LogP contribution in [-0.2, 0) is 0 Å². The molecule has 2 rings (SSSR count). The van der Waals surface area contributed by atoms with Crippen LogP contribution in [0.3, 0.4) is 0 Å². The number of nitriles is 2. The van der Waals surface area contributed by atoms with Gasteiger partial charge < -0.3 is 4.90 Å². The van der Waals surface area contributed by atoms with E-state index in [9.17, 15) is 5.26 Å². The molecule has 1 saturated heterocycles. The number of pyridine rings is 1. The number of aryl methyl sites for hydroxylation is 1. The maximum absolute atomic E-state index is 9.18. The van der Waals surface area contributed by atoms with Crippen molar-refractivity contribution in [3.05, 3.63) is 23.4 Å². The number of nitrogens with zero attached hydrogens (tertiary/aromatic N) is 5. The number of aromatic nitrogens is 1. The molecule has 0 aromatic carbocycles. The summed E-state index contributed by atoms with van der Waals surface area (Å²) in [6.07, 6.45) is 0. The van der Waals surface area contributed by atoms with Gasteiger partial charge in [0.15, 0.2) is 0 Å². The Labute approximate surface area is 120 Å². The van der Waals surface area contributed by atoms with E-state index in [0.29, 0.717) is 5.56 Å². The van der Waals surface area contributed by atoms with Crippen LogP contribution in [0.5, 0.6) is 0 Å². The molecule has 0 radical (unpaired) electrons. The fourth-order valence-corrected chi connectivity index (χ4v) is 2.44. The average molecular weight is 269 g/mol. The minimum atomic E-state index is -0.427. The van der Waals surface area contributed by atoms with E-state index in [4.69, 9.17) is 5.26 Å². The second-order valence-corrected chi connectivity index (χ2v) is 5.61. The molecule has 0 amide bonds. The number of rotatable bonds is 2. The molecule has 0 spiro atoms. The molecular weight excluding hydrogens is 250 g/mol. The third-order valence-corrected chi connectivity index (χ3v) is 3.74. The van der Waals surface area contributed by atoms with Gasteiger partial charge in [0.2, 0.25) is 0 Å². The summed E-state index contributed by atoms with van der Waals surface area (Å²) in [6.45, 7) is 9.11. The van der Waals surface area contributed by atoms with Gasteiger partial charge in [0, 0.05) is 31.9 Å². The van der Waals surface area contributed by atoms with Crippen LogP contribution in [0.25, 0.3) is 0 Å². The van der Waals surface area contributed by atoms with Gasteiger partial charge in [-0.3, -0.25) is 4.90 Å². The molecule has 2 heterocycles. The SMILES string of the molecule is Cc1cc(C#N)cc(N2CCN(C(C)(C)C#N)CC2)n1. The van der Waals surface area contributed by atoms with Gasteiger partial charge >= 0.3 is 0 Å². The average Bonchev–Trinajstić information content (AvgIpc) is 2.46. The Morgan fingerprint density at radius 3 is 2.35 bits per heavy atom. The fourth-order valence-electron chi connectivity index (χ4n) is 2.44. The highest BCUT2D eigenvalue weighted by molar-refractivity contribution is 5.47. The Hall–Kier alpha value is -2.11. The van der Waals surface area contributed by atoms with Gasteiger partial charge in [0.05, 0.1) is 17.7 Å². The lowest BCUT2D eigenvalue weighted by Crippen LogP contribution is -2.54. The molecule has 1 aliphatic heterocycles. The Balaban J connectivity index is 2.10. The third-order valence-electron chi connectivity index (χ3n) is 3.74. The lowest BCUT2D eigenvalue weighted by molar-refractivity contribution is 0.158. The zero-order valence-corrected chi connectivity index (χ0v) is 12.2. The molecule has 5 nitrogen and oxygen atoms in total. The second kappa shape index (κ2) is 5.48. The molecule has 1 aromatic heterocycles. The van der Waals surface area contributed by atoms with E-state index < -0.39 is 5.54 Å². The van der Waals surface area contributed by atoms with Crippen molar-refractivity contribution in [2.24, 2.45) is 0 Å². The van der Waals surface area contributed by atoms with Crippen LogP contribution < -0.4 is 4.90 Å². The van der Waals surface area contributed by atoms with Crippen LogP contribution >= 0.6 is 0 Å². The van der Waals surface area contributed by atoms with Gasteiger partial charge in [0.1, 0.15) is 11.4 Å². The number of anilines is 1. The summed E-state index contributed by atoms with van der Waals surface area (Å²) in [5.74, 6) is 0.857. The zero-order chi connectivity index (χ0) is 14.8. The first kappa shape index (κ1) is 14.3. The van der Waals surface area contributed by atoms with Crippen LogP contribution in [0.4, 0.5) is 5.82 Å². The lowest BCUT2D eigenvalue weighted by atomic mass is 10.0. The molecule has 1 aromatic rings. The van der Waals surface area contributed by atoms with Crippen molar-refractivity contribution in [2.45, 2.75) is 26.3 Å². The maximum Gasteiger partial charge on any atom is 0.130 e. The van der Waals surface area contributed by atoms with E-state index in [1.165, 1.54) is 0 Å². The summed E-state index contributed by atoms with van der Waals surface area (Å²) in [4.78, 5) is 8.87. The minimum absolute atomic E-state index is 0.427. The first-order valence-electron chi connectivity index (χ1n) is 6.76. The molecule has 5 heteroatoms. The molecule has 0 bridgehead atoms. The standard InChI is InChI=1S/C15H19N5/c1-12-8-13(10-16)9-14(18-12)19-4-6-20(7-5-19)15(2,3)11-17/h8-9H,4-7H2,1-3H3. The molecule has 0 unspecified atom stereocenters. The van der Waals surface area contributed by atoms with Crippen LogP contribution in [0, 0.1) is 29.6 Å². The molecule has 0 N–H and O–H groups in total. The highest BCUT2D eigenvalue weighted by atomic mass is 15.3. The highest BCUT2D eigenvalue weighted by Gasteiger charge is 2.30. The topological polar surface area (TPSA) is 67.0 Å². The molecular formula is C15H19N5. The van der Waals surface area contributed by atoms with Crippen molar-refractivity contribution >= 4 is 5.82 Å². The predicted octanol–water partition coefficient (Wildman–Crippen LogP) is 1.69. The van der Waals surface area contributed by atoms with Crippen LogP contribution in [-0.4, -0.2) is 41.6 Å². The van der Waals surface area contributed by atoms with E-state index >= 15 is 0 Å². The van der Waals surface area contributed by atoms with Gasteiger partial charge in [0.25, 0.3) is 0 Å². The number of hydrogen-bond donors (Lipinski definition) is 0. The smallest absolute Gasteiger partial charge is 0.130 e. The Kier molecular flexibility index (Phi) is 3.92. The number of hydrogen-bond acceptors (Lipinski definition) is 5. The normalized spacial score (nSPS) is 16.6. The lowest BCUT2D eigenvalue weighted by Gasteiger charge is -2.41. The minimum Gasteiger partial charge on any atom is -0.354 e. The van der Waals surface area contributed by atoms with Gasteiger partial charge in [-0.05, 0) is 32.9 Å². The van der Waals surface area contributed by atoms with Gasteiger partial charge in [-0.1, -0.05) is 0 Å². The van der Waals surface area contributed by atoms with E-state index in [1.54, 1.807) is 6.07 Å². The largest absolute Gasteiger partial charge is 0.354 e. The van der Waals surface area contributed by atoms with E-state index in [-0.39, 0.29) is 0 Å². The summed E-state index contributed by atoms with van der Waals surface area (Å²) in [7, 11) is 0. The monoisotopic (exact) mass is 269 g/mol. The molecule has 0 aliphatic carbocycles. The fraction of sp³-hybridized carbons (Fsp3) is 0.533. The summed E-state index contributed by atoms with van der Waals surface area (Å²) in [6, 6.07) is 8.13. The molecule has 1 aliphatic rings. The van der Waals surface area contributed by atoms with Crippen molar-refractivity contribution in [3.63, 3.8) is 0 Å². The first-order valence-corrected chi connectivity index (χ1v) is 6.76. The van der Waals surface area contributed by atoms with Crippen molar-refractivity contribution in [3.8, 4) is 12.1 Å². The molecule has 20 heavy (non-hydrogen) atoms. The quantitative estimate of drug-likeness (QED) is 0.817. The number of piperazine rings is 1. The Bertz CT molecular complexity index is 571. The Morgan fingerprint density at radius 2 is 1.80 bits per heavy atom. The van der Waals surface area contributed by atoms with Gasteiger partial charge in [-0.2, -0.15) is 10.5 Å². The van der Waals surface area contributed by atoms with Crippen LogP contribution in [0.2, 0.25) is 0 Å². The van der Waals surface area contributed by atoms with Crippen LogP contribution in [0.1, 0.15) is 25.1 Å². The summed E-state index contributed by atoms with van der Waals surface area (Å²) in [5, 5.41) is 18.2. The predicted molar refractivity (Wildman–Crippen MR) is 77.2 cm³/mol. The Morgan fingerprint density at radius 1 is 1.15 bits per heavy atom. The van der Waals surface area contributed by atoms with Crippen molar-refractivity contribution in [1.82, 2.24) is 9.88 Å². The molecule has 1 fully saturated rings. The first-order chi connectivity index (χ1) is 9.46. The van der Waals surface area contributed by atoms with E-state index in [1.807, 2.05) is 26.8 Å². The van der Waals surface area contributed by atoms with Gasteiger partial charge in [-0.25, -0.2) is 4.98 Å². The second-order valence-electron chi connectivity index (χ2n) is 5.61. The molecule has 0 atom stereocenters. The van der Waals surface area contributed by atoms with Gasteiger partial charge in [-0.15, -0.1) is 0 Å². The third kappa shape index (κ3) is 2.89. The summed E-state index contributed by atoms with van der Waals surface area (Å²) >= 11 is 0. The van der Waals surface area contributed by atoms with Crippen molar-refractivity contribution < 1.29 is 0 Å². The van der Waals surface area contributed by atoms with Crippen molar-refractivity contribution in [1.29, 1.82) is 10.5 Å². The van der Waals surface area contributed by atoms with Crippen molar-refractivity contribution in [2.75, 3.05) is 31.1 Å². The zero-order valence-electron chi connectivity index (χ0n) is 12.2. The summed E-state index contributed by atoms with van der Waals surface area (Å²) < 4.78 is 0. The van der Waals surface area contributed by atoms with E-state index in [0.717, 1.165) is 37.7 Å². The van der Waals surface area contributed by atoms with E-state index in [2.05, 4.69) is 26.9 Å². The summed E-state index contributed by atoms with van der Waals surface area (Å²) in [5.41, 5.74) is 1.08. The maximum atomic E-state index is 9.18. The highest BCUT2D eigenvalue weighted by Crippen LogP contribution is 2.20. The van der Waals surface area contributed by atoms with Crippen LogP contribution in [0.15, 0.2) is 12.1 Å².